The van der Waals surface area contributed by atoms with Crippen LogP contribution in [-0.2, 0) is 10.0 Å². The average molecular weight is 258 g/mol. The van der Waals surface area contributed by atoms with E-state index in [2.05, 4.69) is 15.6 Å². The van der Waals surface area contributed by atoms with Gasteiger partial charge in [-0.15, -0.1) is 0 Å². The number of carbonyl (C=O) groups excluding carboxylic acids is 1. The lowest BCUT2D eigenvalue weighted by Gasteiger charge is -2.04. The Balaban J connectivity index is 2.52. The molecule has 4 N–H and O–H groups in total. The molecule has 1 aromatic heterocycles. The van der Waals surface area contributed by atoms with Gasteiger partial charge in [-0.1, -0.05) is 0 Å². The summed E-state index contributed by atoms with van der Waals surface area (Å²) in [6.45, 7) is -0.0346. The molecule has 0 unspecified atom stereocenters. The predicted molar refractivity (Wildman–Crippen MR) is 64.1 cm³/mol. The van der Waals surface area contributed by atoms with Gasteiger partial charge in [0.25, 0.3) is 5.91 Å². The van der Waals surface area contributed by atoms with E-state index in [1.807, 2.05) is 0 Å². The number of pyridine rings is 1. The molecule has 0 radical (unpaired) electrons. The highest BCUT2D eigenvalue weighted by atomic mass is 32.2. The Morgan fingerprint density at radius 3 is 2.65 bits per heavy atom. The van der Waals surface area contributed by atoms with Crippen molar-refractivity contribution in [3.8, 4) is 0 Å². The number of rotatable bonds is 5. The van der Waals surface area contributed by atoms with Gasteiger partial charge in [-0.25, -0.2) is 18.5 Å². The molecule has 0 aliphatic rings. The lowest BCUT2D eigenvalue weighted by atomic mass is 10.3. The molecule has 0 spiro atoms. The fraction of sp³-hybridized carbons (Fsp3) is 0.333. The Bertz CT molecular complexity index is 483. The first-order valence-corrected chi connectivity index (χ1v) is 6.56. The summed E-state index contributed by atoms with van der Waals surface area (Å²) >= 11 is 0. The Labute approximate surface area is 99.5 Å². The monoisotopic (exact) mass is 258 g/mol. The van der Waals surface area contributed by atoms with Crippen molar-refractivity contribution < 1.29 is 13.2 Å². The summed E-state index contributed by atoms with van der Waals surface area (Å²) < 4.78 is 21.3. The zero-order valence-corrected chi connectivity index (χ0v) is 10.1. The number of hydrogen-bond acceptors (Lipinski definition) is 5. The zero-order valence-electron chi connectivity index (χ0n) is 9.30. The van der Waals surface area contributed by atoms with Crippen LogP contribution in [0.25, 0.3) is 0 Å². The van der Waals surface area contributed by atoms with Crippen molar-refractivity contribution in [2.75, 3.05) is 24.7 Å². The standard InChI is InChI=1S/C9H14N4O3S/c1-11-7-2-3-8(13-6-7)9(14)12-4-5-17(10,15)16/h2-3,6,11H,4-5H2,1H3,(H,12,14)(H2,10,15,16). The van der Waals surface area contributed by atoms with Gasteiger partial charge in [-0.3, -0.25) is 4.79 Å². The van der Waals surface area contributed by atoms with Crippen LogP contribution >= 0.6 is 0 Å². The number of sulfonamides is 1. The zero-order chi connectivity index (χ0) is 12.9. The number of anilines is 1. The number of nitrogens with one attached hydrogen (secondary N) is 2. The van der Waals surface area contributed by atoms with Gasteiger partial charge in [0.2, 0.25) is 10.0 Å². The molecule has 1 heterocycles. The lowest BCUT2D eigenvalue weighted by Crippen LogP contribution is -2.31. The molecule has 17 heavy (non-hydrogen) atoms. The van der Waals surface area contributed by atoms with Crippen LogP contribution in [0.4, 0.5) is 5.69 Å². The van der Waals surface area contributed by atoms with Gasteiger partial charge in [0, 0.05) is 13.6 Å². The topological polar surface area (TPSA) is 114 Å². The summed E-state index contributed by atoms with van der Waals surface area (Å²) in [5, 5.41) is 10.1. The maximum atomic E-state index is 11.5. The highest BCUT2D eigenvalue weighted by molar-refractivity contribution is 7.89. The third kappa shape index (κ3) is 4.79. The summed E-state index contributed by atoms with van der Waals surface area (Å²) in [6, 6.07) is 3.24. The Kier molecular flexibility index (Phi) is 4.41. The lowest BCUT2D eigenvalue weighted by molar-refractivity contribution is 0.0951. The van der Waals surface area contributed by atoms with E-state index in [1.165, 1.54) is 12.3 Å². The fourth-order valence-electron chi connectivity index (χ4n) is 1.07. The van der Waals surface area contributed by atoms with Crippen molar-refractivity contribution in [2.24, 2.45) is 5.14 Å². The van der Waals surface area contributed by atoms with Crippen molar-refractivity contribution in [1.82, 2.24) is 10.3 Å². The minimum atomic E-state index is -3.56. The van der Waals surface area contributed by atoms with E-state index >= 15 is 0 Å². The molecule has 94 valence electrons. The van der Waals surface area contributed by atoms with Crippen molar-refractivity contribution in [3.05, 3.63) is 24.0 Å². The second kappa shape index (κ2) is 5.60. The SMILES string of the molecule is CNc1ccc(C(=O)NCCS(N)(=O)=O)nc1. The summed E-state index contributed by atoms with van der Waals surface area (Å²) in [4.78, 5) is 15.4. The first-order valence-electron chi connectivity index (χ1n) is 4.85. The first-order chi connectivity index (χ1) is 7.92. The van der Waals surface area contributed by atoms with Gasteiger partial charge >= 0.3 is 0 Å². The highest BCUT2D eigenvalue weighted by Gasteiger charge is 2.08. The molecule has 1 amide bonds. The molecule has 7 nitrogen and oxygen atoms in total. The van der Waals surface area contributed by atoms with E-state index < -0.39 is 15.9 Å². The number of primary sulfonamides is 1. The van der Waals surface area contributed by atoms with Gasteiger partial charge in [0.15, 0.2) is 0 Å². The van der Waals surface area contributed by atoms with Crippen LogP contribution in [-0.4, -0.2) is 38.7 Å². The minimum Gasteiger partial charge on any atom is -0.387 e. The Morgan fingerprint density at radius 2 is 2.18 bits per heavy atom. The third-order valence-electron chi connectivity index (χ3n) is 1.96. The molecule has 8 heteroatoms. The molecular formula is C9H14N4O3S. The number of nitrogens with two attached hydrogens (primary N) is 1. The molecule has 1 aromatic rings. The van der Waals surface area contributed by atoms with Crippen molar-refractivity contribution in [3.63, 3.8) is 0 Å². The maximum Gasteiger partial charge on any atom is 0.269 e. The molecule has 0 saturated heterocycles. The van der Waals surface area contributed by atoms with Crippen molar-refractivity contribution in [1.29, 1.82) is 0 Å². The molecule has 0 aromatic carbocycles. The number of aromatic nitrogens is 1. The van der Waals surface area contributed by atoms with Crippen LogP contribution < -0.4 is 15.8 Å². The number of amides is 1. The van der Waals surface area contributed by atoms with E-state index in [-0.39, 0.29) is 18.0 Å². The molecule has 0 atom stereocenters. The maximum absolute atomic E-state index is 11.5. The summed E-state index contributed by atoms with van der Waals surface area (Å²) in [5.74, 6) is -0.732. The number of carbonyl (C=O) groups is 1. The normalized spacial score (nSPS) is 10.9. The minimum absolute atomic E-state index is 0.0346. The van der Waals surface area contributed by atoms with Crippen LogP contribution in [0.15, 0.2) is 18.3 Å². The van der Waals surface area contributed by atoms with E-state index in [1.54, 1.807) is 13.1 Å². The van der Waals surface area contributed by atoms with Crippen molar-refractivity contribution in [2.45, 2.75) is 0 Å². The summed E-state index contributed by atoms with van der Waals surface area (Å²) in [6.07, 6.45) is 1.51. The van der Waals surface area contributed by atoms with Gasteiger partial charge in [-0.05, 0) is 12.1 Å². The van der Waals surface area contributed by atoms with Gasteiger partial charge < -0.3 is 10.6 Å². The fourth-order valence-corrected chi connectivity index (χ4v) is 1.46. The van der Waals surface area contributed by atoms with Crippen LogP contribution in [0.5, 0.6) is 0 Å². The van der Waals surface area contributed by atoms with Crippen LogP contribution in [0, 0.1) is 0 Å². The number of nitrogens with zero attached hydrogens (tertiary/aromatic N) is 1. The predicted octanol–water partition coefficient (Wildman–Crippen LogP) is -0.858. The quantitative estimate of drug-likeness (QED) is 0.636. The smallest absolute Gasteiger partial charge is 0.269 e. The number of hydrogen-bond donors (Lipinski definition) is 3. The second-order valence-corrected chi connectivity index (χ2v) is 5.04. The molecular weight excluding hydrogens is 244 g/mol. The van der Waals surface area contributed by atoms with Crippen molar-refractivity contribution >= 4 is 21.6 Å². The van der Waals surface area contributed by atoms with Crippen LogP contribution in [0.2, 0.25) is 0 Å². The molecule has 0 saturated carbocycles. The summed E-state index contributed by atoms with van der Waals surface area (Å²) in [7, 11) is -1.82. The Morgan fingerprint density at radius 1 is 1.47 bits per heavy atom. The van der Waals surface area contributed by atoms with E-state index in [0.29, 0.717) is 0 Å². The highest BCUT2D eigenvalue weighted by Crippen LogP contribution is 2.04. The first kappa shape index (κ1) is 13.4. The second-order valence-electron chi connectivity index (χ2n) is 3.30. The molecule has 1 rings (SSSR count). The van der Waals surface area contributed by atoms with Gasteiger partial charge in [0.05, 0.1) is 17.6 Å². The average Bonchev–Trinajstić information content (AvgIpc) is 2.27. The molecule has 0 bridgehead atoms. The third-order valence-corrected chi connectivity index (χ3v) is 2.73. The Hall–Kier alpha value is -1.67. The molecule has 0 fully saturated rings. The van der Waals surface area contributed by atoms with E-state index in [4.69, 9.17) is 5.14 Å². The molecule has 0 aliphatic heterocycles. The van der Waals surface area contributed by atoms with Gasteiger partial charge in [0.1, 0.15) is 5.69 Å². The summed E-state index contributed by atoms with van der Waals surface area (Å²) in [5.41, 5.74) is 1.00. The largest absolute Gasteiger partial charge is 0.387 e. The van der Waals surface area contributed by atoms with E-state index in [0.717, 1.165) is 5.69 Å². The molecule has 0 aliphatic carbocycles. The van der Waals surface area contributed by atoms with E-state index in [9.17, 15) is 13.2 Å². The van der Waals surface area contributed by atoms with Crippen LogP contribution in [0.1, 0.15) is 10.5 Å². The van der Waals surface area contributed by atoms with Crippen LogP contribution in [0.3, 0.4) is 0 Å². The van der Waals surface area contributed by atoms with Gasteiger partial charge in [-0.2, -0.15) is 0 Å².